The third-order valence-electron chi connectivity index (χ3n) is 3.29. The zero-order chi connectivity index (χ0) is 11.1. The fourth-order valence-corrected chi connectivity index (χ4v) is 1.86. The molecule has 88 valence electrons. The van der Waals surface area contributed by atoms with Crippen molar-refractivity contribution >= 4 is 5.91 Å². The molecule has 0 saturated heterocycles. The second-order valence-corrected chi connectivity index (χ2v) is 4.51. The fraction of sp³-hybridized carbons (Fsp3) is 0.917. The molecule has 0 atom stereocenters. The van der Waals surface area contributed by atoms with Crippen molar-refractivity contribution in [2.45, 2.75) is 52.0 Å². The highest BCUT2D eigenvalue weighted by molar-refractivity contribution is 5.78. The number of hydrogen-bond acceptors (Lipinski definition) is 2. The van der Waals surface area contributed by atoms with E-state index < -0.39 is 0 Å². The van der Waals surface area contributed by atoms with E-state index in [1.807, 2.05) is 0 Å². The lowest BCUT2D eigenvalue weighted by Gasteiger charge is -2.25. The summed E-state index contributed by atoms with van der Waals surface area (Å²) in [7, 11) is 0. The standard InChI is InChI=1S/C12H24N2O/c1-3-11(4-2)14-12(15)9-13-8-10-6-5-7-10/h10-11,13H,3-9H2,1-2H3,(H,14,15). The lowest BCUT2D eigenvalue weighted by molar-refractivity contribution is -0.121. The zero-order valence-corrected chi connectivity index (χ0v) is 10.0. The van der Waals surface area contributed by atoms with Gasteiger partial charge in [-0.15, -0.1) is 0 Å². The molecule has 0 heterocycles. The van der Waals surface area contributed by atoms with Crippen LogP contribution in [0.4, 0.5) is 0 Å². The first-order valence-electron chi connectivity index (χ1n) is 6.26. The predicted molar refractivity (Wildman–Crippen MR) is 62.7 cm³/mol. The van der Waals surface area contributed by atoms with E-state index in [1.165, 1.54) is 19.3 Å². The highest BCUT2D eigenvalue weighted by Gasteiger charge is 2.17. The van der Waals surface area contributed by atoms with Crippen LogP contribution < -0.4 is 10.6 Å². The summed E-state index contributed by atoms with van der Waals surface area (Å²) >= 11 is 0. The van der Waals surface area contributed by atoms with Gasteiger partial charge in [0.2, 0.25) is 5.91 Å². The van der Waals surface area contributed by atoms with Gasteiger partial charge in [0, 0.05) is 6.04 Å². The first-order valence-corrected chi connectivity index (χ1v) is 6.26. The lowest BCUT2D eigenvalue weighted by Crippen LogP contribution is -2.41. The van der Waals surface area contributed by atoms with Gasteiger partial charge in [-0.2, -0.15) is 0 Å². The van der Waals surface area contributed by atoms with Crippen molar-refractivity contribution in [2.75, 3.05) is 13.1 Å². The summed E-state index contributed by atoms with van der Waals surface area (Å²) in [5, 5.41) is 6.25. The molecule has 0 radical (unpaired) electrons. The molecule has 2 N–H and O–H groups in total. The van der Waals surface area contributed by atoms with Crippen LogP contribution >= 0.6 is 0 Å². The van der Waals surface area contributed by atoms with Crippen molar-refractivity contribution in [1.29, 1.82) is 0 Å². The molecule has 0 aromatic rings. The second-order valence-electron chi connectivity index (χ2n) is 4.51. The molecule has 15 heavy (non-hydrogen) atoms. The Balaban J connectivity index is 2.01. The molecule has 0 bridgehead atoms. The minimum atomic E-state index is 0.142. The first kappa shape index (κ1) is 12.5. The molecular weight excluding hydrogens is 188 g/mol. The zero-order valence-electron chi connectivity index (χ0n) is 10.0. The summed E-state index contributed by atoms with van der Waals surface area (Å²) in [5.74, 6) is 0.967. The maximum absolute atomic E-state index is 11.5. The Morgan fingerprint density at radius 1 is 1.33 bits per heavy atom. The molecule has 0 unspecified atom stereocenters. The van der Waals surface area contributed by atoms with Gasteiger partial charge in [0.15, 0.2) is 0 Å². The number of hydrogen-bond donors (Lipinski definition) is 2. The van der Waals surface area contributed by atoms with Crippen molar-refractivity contribution in [1.82, 2.24) is 10.6 Å². The Kier molecular flexibility index (Phi) is 5.69. The Labute approximate surface area is 93.0 Å². The molecule has 0 aromatic heterocycles. The molecule has 1 saturated carbocycles. The topological polar surface area (TPSA) is 41.1 Å². The van der Waals surface area contributed by atoms with Gasteiger partial charge in [-0.1, -0.05) is 20.3 Å². The first-order chi connectivity index (χ1) is 7.26. The lowest BCUT2D eigenvalue weighted by atomic mass is 9.85. The molecule has 0 spiro atoms. The number of amides is 1. The minimum absolute atomic E-state index is 0.142. The molecule has 1 aliphatic carbocycles. The van der Waals surface area contributed by atoms with Crippen LogP contribution in [-0.4, -0.2) is 25.0 Å². The van der Waals surface area contributed by atoms with Gasteiger partial charge in [-0.05, 0) is 38.1 Å². The van der Waals surface area contributed by atoms with Crippen molar-refractivity contribution in [2.24, 2.45) is 5.92 Å². The van der Waals surface area contributed by atoms with Crippen molar-refractivity contribution in [3.8, 4) is 0 Å². The summed E-state index contributed by atoms with van der Waals surface area (Å²) in [5.41, 5.74) is 0. The average molecular weight is 212 g/mol. The molecule has 3 heteroatoms. The van der Waals surface area contributed by atoms with E-state index in [4.69, 9.17) is 0 Å². The molecule has 0 aromatic carbocycles. The van der Waals surface area contributed by atoms with E-state index in [2.05, 4.69) is 24.5 Å². The van der Waals surface area contributed by atoms with E-state index in [9.17, 15) is 4.79 Å². The molecule has 1 rings (SSSR count). The number of nitrogens with one attached hydrogen (secondary N) is 2. The van der Waals surface area contributed by atoms with Gasteiger partial charge in [-0.25, -0.2) is 0 Å². The monoisotopic (exact) mass is 212 g/mol. The summed E-state index contributed by atoms with van der Waals surface area (Å²) in [6.07, 6.45) is 6.07. The van der Waals surface area contributed by atoms with Crippen LogP contribution in [0.2, 0.25) is 0 Å². The highest BCUT2D eigenvalue weighted by atomic mass is 16.1. The van der Waals surface area contributed by atoms with Gasteiger partial charge in [0.05, 0.1) is 6.54 Å². The summed E-state index contributed by atoms with van der Waals surface area (Å²) in [4.78, 5) is 11.5. The summed E-state index contributed by atoms with van der Waals surface area (Å²) in [6, 6.07) is 0.350. The molecular formula is C12H24N2O. The van der Waals surface area contributed by atoms with E-state index in [0.29, 0.717) is 12.6 Å². The number of rotatable bonds is 7. The van der Waals surface area contributed by atoms with E-state index >= 15 is 0 Å². The minimum Gasteiger partial charge on any atom is -0.352 e. The molecule has 0 aliphatic heterocycles. The van der Waals surface area contributed by atoms with Crippen molar-refractivity contribution in [3.05, 3.63) is 0 Å². The summed E-state index contributed by atoms with van der Waals surface area (Å²) < 4.78 is 0. The predicted octanol–water partition coefficient (Wildman–Crippen LogP) is 1.68. The van der Waals surface area contributed by atoms with Crippen LogP contribution in [0.15, 0.2) is 0 Å². The van der Waals surface area contributed by atoms with E-state index in [1.54, 1.807) is 0 Å². The molecule has 1 fully saturated rings. The molecule has 1 aliphatic rings. The average Bonchev–Trinajstić information content (AvgIpc) is 2.18. The SMILES string of the molecule is CCC(CC)NC(=O)CNCC1CCC1. The Bertz CT molecular complexity index is 186. The smallest absolute Gasteiger partial charge is 0.234 e. The normalized spacial score (nSPS) is 16.5. The van der Waals surface area contributed by atoms with Crippen molar-refractivity contribution in [3.63, 3.8) is 0 Å². The van der Waals surface area contributed by atoms with E-state index in [0.717, 1.165) is 25.3 Å². The van der Waals surface area contributed by atoms with Gasteiger partial charge in [0.1, 0.15) is 0 Å². The molecule has 3 nitrogen and oxygen atoms in total. The Morgan fingerprint density at radius 2 is 2.00 bits per heavy atom. The van der Waals surface area contributed by atoms with Crippen LogP contribution in [0, 0.1) is 5.92 Å². The second kappa shape index (κ2) is 6.83. The third kappa shape index (κ3) is 4.65. The van der Waals surface area contributed by atoms with E-state index in [-0.39, 0.29) is 5.91 Å². The third-order valence-corrected chi connectivity index (χ3v) is 3.29. The Hall–Kier alpha value is -0.570. The molecule has 1 amide bonds. The maximum Gasteiger partial charge on any atom is 0.234 e. The van der Waals surface area contributed by atoms with Crippen LogP contribution in [0.3, 0.4) is 0 Å². The number of carbonyl (C=O) groups is 1. The van der Waals surface area contributed by atoms with Crippen LogP contribution in [0.25, 0.3) is 0 Å². The largest absolute Gasteiger partial charge is 0.352 e. The van der Waals surface area contributed by atoms with Crippen LogP contribution in [0.5, 0.6) is 0 Å². The van der Waals surface area contributed by atoms with Gasteiger partial charge in [0.25, 0.3) is 0 Å². The number of carbonyl (C=O) groups excluding carboxylic acids is 1. The van der Waals surface area contributed by atoms with Gasteiger partial charge in [-0.3, -0.25) is 4.79 Å². The maximum atomic E-state index is 11.5. The quantitative estimate of drug-likeness (QED) is 0.674. The summed E-state index contributed by atoms with van der Waals surface area (Å²) in [6.45, 7) is 5.70. The van der Waals surface area contributed by atoms with Crippen molar-refractivity contribution < 1.29 is 4.79 Å². The van der Waals surface area contributed by atoms with Gasteiger partial charge < -0.3 is 10.6 Å². The van der Waals surface area contributed by atoms with Crippen LogP contribution in [0.1, 0.15) is 46.0 Å². The highest BCUT2D eigenvalue weighted by Crippen LogP contribution is 2.24. The van der Waals surface area contributed by atoms with Gasteiger partial charge >= 0.3 is 0 Å². The Morgan fingerprint density at radius 3 is 2.47 bits per heavy atom. The van der Waals surface area contributed by atoms with Crippen LogP contribution in [-0.2, 0) is 4.79 Å². The fourth-order valence-electron chi connectivity index (χ4n) is 1.86.